The summed E-state index contributed by atoms with van der Waals surface area (Å²) in [5, 5.41) is 0. The minimum Gasteiger partial charge on any atom is -0.496 e. The van der Waals surface area contributed by atoms with Crippen LogP contribution in [-0.4, -0.2) is 16.5 Å². The second kappa shape index (κ2) is 5.25. The van der Waals surface area contributed by atoms with Gasteiger partial charge in [0.15, 0.2) is 11.4 Å². The number of hydrogen-bond donors (Lipinski definition) is 0. The maximum absolute atomic E-state index is 5.90. The fourth-order valence-electron chi connectivity index (χ4n) is 2.20. The molecule has 1 aromatic carbocycles. The molecule has 0 saturated heterocycles. The highest BCUT2D eigenvalue weighted by molar-refractivity contribution is 5.54. The van der Waals surface area contributed by atoms with E-state index in [4.69, 9.17) is 9.47 Å². The molecule has 0 radical (unpaired) electrons. The Labute approximate surface area is 117 Å². The zero-order chi connectivity index (χ0) is 13.9. The molecule has 4 nitrogen and oxygen atoms in total. The molecule has 0 bridgehead atoms. The second-order valence-corrected chi connectivity index (χ2v) is 4.59. The van der Waals surface area contributed by atoms with Crippen molar-refractivity contribution >= 4 is 5.65 Å². The molecule has 0 aliphatic carbocycles. The van der Waals surface area contributed by atoms with Crippen LogP contribution in [0.3, 0.4) is 0 Å². The van der Waals surface area contributed by atoms with Crippen molar-refractivity contribution in [2.24, 2.45) is 0 Å². The summed E-state index contributed by atoms with van der Waals surface area (Å²) in [5.74, 6) is 1.60. The van der Waals surface area contributed by atoms with Crippen LogP contribution in [0, 0.1) is 6.92 Å². The maximum Gasteiger partial charge on any atom is 0.179 e. The Balaban J connectivity index is 1.87. The number of benzene rings is 1. The Kier molecular flexibility index (Phi) is 3.29. The van der Waals surface area contributed by atoms with Crippen LogP contribution in [0.2, 0.25) is 0 Å². The van der Waals surface area contributed by atoms with Gasteiger partial charge < -0.3 is 13.9 Å². The van der Waals surface area contributed by atoms with Crippen molar-refractivity contribution in [2.75, 3.05) is 7.11 Å². The van der Waals surface area contributed by atoms with E-state index in [2.05, 4.69) is 4.98 Å². The van der Waals surface area contributed by atoms with Crippen molar-refractivity contribution in [3.05, 3.63) is 60.0 Å². The quantitative estimate of drug-likeness (QED) is 0.728. The summed E-state index contributed by atoms with van der Waals surface area (Å²) < 4.78 is 13.2. The summed E-state index contributed by atoms with van der Waals surface area (Å²) in [6, 6.07) is 11.7. The summed E-state index contributed by atoms with van der Waals surface area (Å²) in [7, 11) is 1.66. The third kappa shape index (κ3) is 2.32. The highest BCUT2D eigenvalue weighted by Gasteiger charge is 2.07. The summed E-state index contributed by atoms with van der Waals surface area (Å²) in [5.41, 5.74) is 2.82. The largest absolute Gasteiger partial charge is 0.496 e. The normalized spacial score (nSPS) is 10.7. The van der Waals surface area contributed by atoms with Gasteiger partial charge in [-0.2, -0.15) is 0 Å². The summed E-state index contributed by atoms with van der Waals surface area (Å²) >= 11 is 0. The van der Waals surface area contributed by atoms with Gasteiger partial charge in [0.2, 0.25) is 0 Å². The van der Waals surface area contributed by atoms with E-state index in [0.29, 0.717) is 6.61 Å². The number of imidazole rings is 1. The summed E-state index contributed by atoms with van der Waals surface area (Å²) in [4.78, 5) is 4.47. The zero-order valence-corrected chi connectivity index (χ0v) is 11.5. The molecule has 20 heavy (non-hydrogen) atoms. The lowest BCUT2D eigenvalue weighted by Crippen LogP contribution is -2.00. The molecule has 0 saturated carbocycles. The molecule has 0 fully saturated rings. The van der Waals surface area contributed by atoms with Gasteiger partial charge in [0.1, 0.15) is 12.4 Å². The lowest BCUT2D eigenvalue weighted by Gasteiger charge is -2.10. The van der Waals surface area contributed by atoms with Crippen LogP contribution < -0.4 is 9.47 Å². The van der Waals surface area contributed by atoms with E-state index in [9.17, 15) is 0 Å². The fraction of sp³-hybridized carbons (Fsp3) is 0.188. The molecule has 2 heterocycles. The monoisotopic (exact) mass is 268 g/mol. The van der Waals surface area contributed by atoms with Crippen molar-refractivity contribution in [3.8, 4) is 11.5 Å². The fourth-order valence-corrected chi connectivity index (χ4v) is 2.20. The first kappa shape index (κ1) is 12.5. The van der Waals surface area contributed by atoms with Crippen LogP contribution in [0.15, 0.2) is 48.8 Å². The minimum atomic E-state index is 0.454. The third-order valence-electron chi connectivity index (χ3n) is 3.14. The number of pyridine rings is 1. The van der Waals surface area contributed by atoms with Gasteiger partial charge in [-0.05, 0) is 25.1 Å². The number of aryl methyl sites for hydroxylation is 1. The smallest absolute Gasteiger partial charge is 0.179 e. The second-order valence-electron chi connectivity index (χ2n) is 4.59. The van der Waals surface area contributed by atoms with E-state index in [1.165, 1.54) is 0 Å². The first-order chi connectivity index (χ1) is 9.78. The van der Waals surface area contributed by atoms with Gasteiger partial charge in [-0.15, -0.1) is 0 Å². The topological polar surface area (TPSA) is 35.8 Å². The molecule has 102 valence electrons. The van der Waals surface area contributed by atoms with E-state index in [0.717, 1.165) is 28.4 Å². The van der Waals surface area contributed by atoms with Gasteiger partial charge in [0.05, 0.1) is 12.8 Å². The Bertz CT molecular complexity index is 734. The molecule has 0 N–H and O–H groups in total. The van der Waals surface area contributed by atoms with Crippen LogP contribution in [0.1, 0.15) is 11.3 Å². The number of ether oxygens (including phenoxy) is 2. The number of fused-ring (bicyclic) bond motifs is 1. The Morgan fingerprint density at radius 2 is 1.90 bits per heavy atom. The van der Waals surface area contributed by atoms with E-state index in [1.807, 2.05) is 60.1 Å². The van der Waals surface area contributed by atoms with Crippen molar-refractivity contribution in [2.45, 2.75) is 13.5 Å². The highest BCUT2D eigenvalue weighted by atomic mass is 16.5. The Hall–Kier alpha value is -2.49. The van der Waals surface area contributed by atoms with Gasteiger partial charge in [-0.3, -0.25) is 0 Å². The van der Waals surface area contributed by atoms with Gasteiger partial charge in [-0.25, -0.2) is 4.98 Å². The highest BCUT2D eigenvalue weighted by Crippen LogP contribution is 2.23. The average molecular weight is 268 g/mol. The number of para-hydroxylation sites is 1. The number of hydrogen-bond acceptors (Lipinski definition) is 3. The zero-order valence-electron chi connectivity index (χ0n) is 11.5. The van der Waals surface area contributed by atoms with Crippen LogP contribution in [0.25, 0.3) is 5.65 Å². The average Bonchev–Trinajstić information content (AvgIpc) is 2.86. The van der Waals surface area contributed by atoms with Gasteiger partial charge in [0, 0.05) is 18.0 Å². The summed E-state index contributed by atoms with van der Waals surface area (Å²) in [6.07, 6.45) is 3.94. The molecule has 3 rings (SSSR count). The standard InChI is InChI=1S/C16H16N2O2/c1-12-10-18-9-5-8-15(16(18)17-12)20-11-13-6-3-4-7-14(13)19-2/h3-10H,11H2,1-2H3. The summed E-state index contributed by atoms with van der Waals surface area (Å²) in [6.45, 7) is 2.42. The van der Waals surface area contributed by atoms with E-state index < -0.39 is 0 Å². The molecular weight excluding hydrogens is 252 g/mol. The predicted octanol–water partition coefficient (Wildman–Crippen LogP) is 3.23. The van der Waals surface area contributed by atoms with Crippen molar-refractivity contribution in [1.29, 1.82) is 0 Å². The van der Waals surface area contributed by atoms with Crippen molar-refractivity contribution in [3.63, 3.8) is 0 Å². The van der Waals surface area contributed by atoms with Crippen LogP contribution in [-0.2, 0) is 6.61 Å². The Morgan fingerprint density at radius 3 is 2.75 bits per heavy atom. The molecular formula is C16H16N2O2. The van der Waals surface area contributed by atoms with Gasteiger partial charge >= 0.3 is 0 Å². The number of methoxy groups -OCH3 is 1. The van der Waals surface area contributed by atoms with Crippen molar-refractivity contribution < 1.29 is 9.47 Å². The van der Waals surface area contributed by atoms with E-state index in [1.54, 1.807) is 7.11 Å². The van der Waals surface area contributed by atoms with Gasteiger partial charge in [-0.1, -0.05) is 18.2 Å². The molecule has 3 aromatic rings. The Morgan fingerprint density at radius 1 is 1.10 bits per heavy atom. The van der Waals surface area contributed by atoms with Crippen LogP contribution in [0.5, 0.6) is 11.5 Å². The molecule has 0 unspecified atom stereocenters. The minimum absolute atomic E-state index is 0.454. The molecule has 2 aromatic heterocycles. The van der Waals surface area contributed by atoms with E-state index in [-0.39, 0.29) is 0 Å². The molecule has 0 spiro atoms. The maximum atomic E-state index is 5.90. The number of aromatic nitrogens is 2. The molecule has 0 aliphatic rings. The van der Waals surface area contributed by atoms with Crippen molar-refractivity contribution in [1.82, 2.24) is 9.38 Å². The third-order valence-corrected chi connectivity index (χ3v) is 3.14. The SMILES string of the molecule is COc1ccccc1COc1cccn2cc(C)nc12. The van der Waals surface area contributed by atoms with Crippen LogP contribution in [0.4, 0.5) is 0 Å². The molecule has 0 aliphatic heterocycles. The number of nitrogens with zero attached hydrogens (tertiary/aromatic N) is 2. The van der Waals surface area contributed by atoms with Gasteiger partial charge in [0.25, 0.3) is 0 Å². The predicted molar refractivity (Wildman–Crippen MR) is 77.3 cm³/mol. The molecule has 4 heteroatoms. The number of rotatable bonds is 4. The first-order valence-electron chi connectivity index (χ1n) is 6.47. The van der Waals surface area contributed by atoms with Crippen LogP contribution >= 0.6 is 0 Å². The lowest BCUT2D eigenvalue weighted by molar-refractivity contribution is 0.298. The lowest BCUT2D eigenvalue weighted by atomic mass is 10.2. The molecule has 0 amide bonds. The molecule has 0 atom stereocenters. The first-order valence-corrected chi connectivity index (χ1v) is 6.47. The van der Waals surface area contributed by atoms with E-state index >= 15 is 0 Å².